The van der Waals surface area contributed by atoms with E-state index in [2.05, 4.69) is 30.7 Å². The number of nitrogens with two attached hydrogens (primary N) is 1. The van der Waals surface area contributed by atoms with Gasteiger partial charge in [0.2, 0.25) is 0 Å². The van der Waals surface area contributed by atoms with Gasteiger partial charge in [-0.25, -0.2) is 4.68 Å². The first-order chi connectivity index (χ1) is 13.7. The van der Waals surface area contributed by atoms with E-state index in [1.165, 1.54) is 0 Å². The zero-order valence-electron chi connectivity index (χ0n) is 17.7. The molecule has 0 bridgehead atoms. The standard InChI is InChI=1S/C22H29N5O2/c1-14-20-18(12-22(2,3)13-19(20)28)27(24-14)15-5-6-16(21(23)29)17(11-15)26-9-7-25(4)8-10-26/h5-6,11H,7-10,12-13H2,1-4H3,(H2,23,29). The molecule has 4 rings (SSSR count). The summed E-state index contributed by atoms with van der Waals surface area (Å²) in [6.45, 7) is 9.66. The van der Waals surface area contributed by atoms with Crippen LogP contribution in [0.3, 0.4) is 0 Å². The molecule has 0 saturated carbocycles. The number of aryl methyl sites for hydroxylation is 1. The van der Waals surface area contributed by atoms with Gasteiger partial charge in [0.25, 0.3) is 5.91 Å². The predicted molar refractivity (Wildman–Crippen MR) is 113 cm³/mol. The summed E-state index contributed by atoms with van der Waals surface area (Å²) in [6.07, 6.45) is 1.33. The number of ketones is 1. The molecule has 0 atom stereocenters. The highest BCUT2D eigenvalue weighted by molar-refractivity contribution is 6.00. The van der Waals surface area contributed by atoms with Crippen molar-refractivity contribution in [2.45, 2.75) is 33.6 Å². The number of primary amides is 1. The van der Waals surface area contributed by atoms with Gasteiger partial charge in [-0.1, -0.05) is 13.8 Å². The Morgan fingerprint density at radius 1 is 1.14 bits per heavy atom. The molecule has 7 heteroatoms. The Morgan fingerprint density at radius 2 is 1.83 bits per heavy atom. The lowest BCUT2D eigenvalue weighted by atomic mass is 9.75. The Kier molecular flexibility index (Phi) is 4.73. The van der Waals surface area contributed by atoms with Crippen molar-refractivity contribution in [1.82, 2.24) is 14.7 Å². The lowest BCUT2D eigenvalue weighted by Gasteiger charge is -2.35. The summed E-state index contributed by atoms with van der Waals surface area (Å²) >= 11 is 0. The predicted octanol–water partition coefficient (Wildman–Crippen LogP) is 2.19. The van der Waals surface area contributed by atoms with E-state index in [1.54, 1.807) is 6.07 Å². The molecule has 154 valence electrons. The van der Waals surface area contributed by atoms with E-state index in [1.807, 2.05) is 23.7 Å². The number of benzene rings is 1. The normalized spacial score (nSPS) is 19.3. The molecule has 1 aliphatic carbocycles. The number of amides is 1. The molecule has 0 spiro atoms. The van der Waals surface area contributed by atoms with Crippen LogP contribution in [0.1, 0.15) is 52.4 Å². The fourth-order valence-electron chi connectivity index (χ4n) is 4.52. The number of likely N-dealkylation sites (N-methyl/N-ethyl adjacent to an activating group) is 1. The third kappa shape index (κ3) is 3.55. The zero-order valence-corrected chi connectivity index (χ0v) is 17.7. The van der Waals surface area contributed by atoms with Crippen LogP contribution in [-0.4, -0.2) is 59.6 Å². The molecule has 1 aromatic carbocycles. The van der Waals surface area contributed by atoms with Crippen molar-refractivity contribution in [1.29, 1.82) is 0 Å². The van der Waals surface area contributed by atoms with E-state index in [9.17, 15) is 9.59 Å². The number of rotatable bonds is 3. The van der Waals surface area contributed by atoms with Crippen LogP contribution in [0.2, 0.25) is 0 Å². The van der Waals surface area contributed by atoms with Gasteiger partial charge in [0, 0.05) is 32.6 Å². The maximum absolute atomic E-state index is 12.7. The molecule has 2 aliphatic rings. The molecule has 0 unspecified atom stereocenters. The Hall–Kier alpha value is -2.67. The largest absolute Gasteiger partial charge is 0.368 e. The summed E-state index contributed by atoms with van der Waals surface area (Å²) in [5.41, 5.74) is 10.3. The number of carbonyl (C=O) groups is 2. The third-order valence-corrected chi connectivity index (χ3v) is 6.06. The molecule has 1 fully saturated rings. The quantitative estimate of drug-likeness (QED) is 0.861. The van der Waals surface area contributed by atoms with Gasteiger partial charge in [0.1, 0.15) is 0 Å². The molecular formula is C22H29N5O2. The number of piperazine rings is 1. The van der Waals surface area contributed by atoms with Crippen LogP contribution in [0.15, 0.2) is 18.2 Å². The summed E-state index contributed by atoms with van der Waals surface area (Å²) in [4.78, 5) is 29.3. The van der Waals surface area contributed by atoms with Crippen LogP contribution < -0.4 is 10.6 Å². The Labute approximate surface area is 171 Å². The van der Waals surface area contributed by atoms with Crippen LogP contribution >= 0.6 is 0 Å². The highest BCUT2D eigenvalue weighted by Gasteiger charge is 2.36. The second kappa shape index (κ2) is 6.99. The number of carbonyl (C=O) groups excluding carboxylic acids is 2. The lowest BCUT2D eigenvalue weighted by Crippen LogP contribution is -2.45. The number of Topliss-reactive ketones (excluding diaryl/α,β-unsaturated/α-hetero) is 1. The SMILES string of the molecule is Cc1nn(-c2ccc(C(N)=O)c(N3CCN(C)CC3)c2)c2c1C(=O)CC(C)(C)C2. The second-order valence-electron chi connectivity index (χ2n) is 9.12. The monoisotopic (exact) mass is 395 g/mol. The number of hydrogen-bond acceptors (Lipinski definition) is 5. The van der Waals surface area contributed by atoms with Gasteiger partial charge in [0.05, 0.1) is 33.9 Å². The average Bonchev–Trinajstić information content (AvgIpc) is 2.97. The van der Waals surface area contributed by atoms with Crippen LogP contribution in [0, 0.1) is 12.3 Å². The molecule has 1 aliphatic heterocycles. The minimum atomic E-state index is -0.430. The lowest BCUT2D eigenvalue weighted by molar-refractivity contribution is 0.0909. The summed E-state index contributed by atoms with van der Waals surface area (Å²) in [5.74, 6) is -0.270. The molecule has 0 radical (unpaired) electrons. The number of hydrogen-bond donors (Lipinski definition) is 1. The maximum atomic E-state index is 12.7. The number of nitrogens with zero attached hydrogens (tertiary/aromatic N) is 4. The first kappa shape index (κ1) is 19.6. The van der Waals surface area contributed by atoms with Crippen molar-refractivity contribution in [2.75, 3.05) is 38.1 Å². The van der Waals surface area contributed by atoms with Crippen molar-refractivity contribution in [3.8, 4) is 5.69 Å². The van der Waals surface area contributed by atoms with Gasteiger partial charge < -0.3 is 15.5 Å². The molecule has 1 aromatic heterocycles. The maximum Gasteiger partial charge on any atom is 0.250 e. The fraction of sp³-hybridized carbons (Fsp3) is 0.500. The van der Waals surface area contributed by atoms with Crippen LogP contribution in [0.4, 0.5) is 5.69 Å². The molecule has 7 nitrogen and oxygen atoms in total. The molecule has 1 saturated heterocycles. The number of aromatic nitrogens is 2. The van der Waals surface area contributed by atoms with Gasteiger partial charge in [0.15, 0.2) is 5.78 Å². The van der Waals surface area contributed by atoms with Crippen LogP contribution in [0.5, 0.6) is 0 Å². The third-order valence-electron chi connectivity index (χ3n) is 6.06. The molecule has 1 amide bonds. The van der Waals surface area contributed by atoms with Gasteiger partial charge >= 0.3 is 0 Å². The van der Waals surface area contributed by atoms with E-state index >= 15 is 0 Å². The van der Waals surface area contributed by atoms with Crippen molar-refractivity contribution < 1.29 is 9.59 Å². The van der Waals surface area contributed by atoms with E-state index in [-0.39, 0.29) is 11.2 Å². The molecule has 2 N–H and O–H groups in total. The van der Waals surface area contributed by atoms with Crippen LogP contribution in [0.25, 0.3) is 5.69 Å². The minimum absolute atomic E-state index is 0.0955. The highest BCUT2D eigenvalue weighted by Crippen LogP contribution is 2.37. The van der Waals surface area contributed by atoms with E-state index in [0.717, 1.165) is 60.9 Å². The topological polar surface area (TPSA) is 84.5 Å². The average molecular weight is 396 g/mol. The summed E-state index contributed by atoms with van der Waals surface area (Å²) in [6, 6.07) is 5.65. The summed E-state index contributed by atoms with van der Waals surface area (Å²) in [5, 5.41) is 4.70. The zero-order chi connectivity index (χ0) is 20.9. The van der Waals surface area contributed by atoms with Crippen molar-refractivity contribution in [3.05, 3.63) is 40.7 Å². The molecule has 29 heavy (non-hydrogen) atoms. The fourth-order valence-corrected chi connectivity index (χ4v) is 4.52. The minimum Gasteiger partial charge on any atom is -0.368 e. The first-order valence-corrected chi connectivity index (χ1v) is 10.2. The van der Waals surface area contributed by atoms with Gasteiger partial charge in [-0.15, -0.1) is 0 Å². The summed E-state index contributed by atoms with van der Waals surface area (Å²) in [7, 11) is 2.10. The number of fused-ring (bicyclic) bond motifs is 1. The highest BCUT2D eigenvalue weighted by atomic mass is 16.1. The van der Waals surface area contributed by atoms with Crippen molar-refractivity contribution >= 4 is 17.4 Å². The summed E-state index contributed by atoms with van der Waals surface area (Å²) < 4.78 is 1.88. The molecule has 2 heterocycles. The molecular weight excluding hydrogens is 366 g/mol. The van der Waals surface area contributed by atoms with E-state index in [4.69, 9.17) is 10.8 Å². The van der Waals surface area contributed by atoms with E-state index in [0.29, 0.717) is 12.0 Å². The van der Waals surface area contributed by atoms with Gasteiger partial charge in [-0.05, 0) is 44.0 Å². The van der Waals surface area contributed by atoms with E-state index < -0.39 is 5.91 Å². The smallest absolute Gasteiger partial charge is 0.250 e. The van der Waals surface area contributed by atoms with Gasteiger partial charge in [-0.2, -0.15) is 5.10 Å². The first-order valence-electron chi connectivity index (χ1n) is 10.2. The second-order valence-corrected chi connectivity index (χ2v) is 9.12. The number of anilines is 1. The van der Waals surface area contributed by atoms with Crippen LogP contribution in [-0.2, 0) is 6.42 Å². The Bertz CT molecular complexity index is 983. The van der Waals surface area contributed by atoms with Crippen molar-refractivity contribution in [2.24, 2.45) is 11.1 Å². The molecule has 2 aromatic rings. The Balaban J connectivity index is 1.81. The van der Waals surface area contributed by atoms with Crippen molar-refractivity contribution in [3.63, 3.8) is 0 Å². The van der Waals surface area contributed by atoms with Gasteiger partial charge in [-0.3, -0.25) is 9.59 Å². The Morgan fingerprint density at radius 3 is 2.48 bits per heavy atom.